The molecular weight excluding hydrogens is 288 g/mol. The molecule has 1 amide bonds. The number of hydrogen-bond acceptors (Lipinski definition) is 6. The van der Waals surface area contributed by atoms with Crippen molar-refractivity contribution >= 4 is 11.9 Å². The number of carboxylic acid groups (broad SMARTS) is 1. The van der Waals surface area contributed by atoms with E-state index in [9.17, 15) is 9.59 Å². The summed E-state index contributed by atoms with van der Waals surface area (Å²) in [5.74, 6) is -0.294. The molecule has 0 atom stereocenters. The molecule has 2 heterocycles. The monoisotopic (exact) mass is 304 g/mol. The summed E-state index contributed by atoms with van der Waals surface area (Å²) in [6.45, 7) is 3.73. The second kappa shape index (κ2) is 6.79. The number of pyridine rings is 1. The van der Waals surface area contributed by atoms with Gasteiger partial charge in [0.15, 0.2) is 5.82 Å². The minimum absolute atomic E-state index is 0.0864. The fourth-order valence-corrected chi connectivity index (χ4v) is 1.89. The molecule has 0 unspecified atom stereocenters. The van der Waals surface area contributed by atoms with Crippen LogP contribution in [0.25, 0.3) is 0 Å². The lowest BCUT2D eigenvalue weighted by Gasteiger charge is -2.06. The highest BCUT2D eigenvalue weighted by atomic mass is 16.5. The molecule has 2 aromatic rings. The van der Waals surface area contributed by atoms with E-state index in [4.69, 9.17) is 9.63 Å². The Labute approximate surface area is 126 Å². The van der Waals surface area contributed by atoms with Crippen molar-refractivity contribution in [1.82, 2.24) is 20.4 Å². The normalized spacial score (nSPS) is 10.5. The zero-order chi connectivity index (χ0) is 16.1. The fourth-order valence-electron chi connectivity index (χ4n) is 1.89. The van der Waals surface area contributed by atoms with Gasteiger partial charge in [0, 0.05) is 13.0 Å². The Kier molecular flexibility index (Phi) is 4.82. The van der Waals surface area contributed by atoms with Gasteiger partial charge >= 0.3 is 5.97 Å². The SMILES string of the molecule is Cc1noc(CCCNC(=O)c2ccc(C(=O)O)c(C)n2)n1. The molecule has 0 aliphatic rings. The van der Waals surface area contributed by atoms with Crippen molar-refractivity contribution in [2.45, 2.75) is 26.7 Å². The van der Waals surface area contributed by atoms with Crippen molar-refractivity contribution in [2.75, 3.05) is 6.54 Å². The van der Waals surface area contributed by atoms with Crippen LogP contribution in [-0.2, 0) is 6.42 Å². The average molecular weight is 304 g/mol. The minimum atomic E-state index is -1.06. The predicted octanol–water partition coefficient (Wildman–Crippen LogP) is 1.14. The standard InChI is InChI=1S/C14H16N4O4/c1-8-10(14(20)21)5-6-11(16-8)13(19)15-7-3-4-12-17-9(2)18-22-12/h5-6H,3-4,7H2,1-2H3,(H,15,19)(H,20,21). The number of aryl methyl sites for hydroxylation is 3. The third-order valence-electron chi connectivity index (χ3n) is 2.97. The van der Waals surface area contributed by atoms with Gasteiger partial charge in [0.2, 0.25) is 5.89 Å². The molecule has 0 radical (unpaired) electrons. The summed E-state index contributed by atoms with van der Waals surface area (Å²) in [6, 6.07) is 2.77. The molecule has 8 heteroatoms. The van der Waals surface area contributed by atoms with Crippen LogP contribution in [0.2, 0.25) is 0 Å². The summed E-state index contributed by atoms with van der Waals surface area (Å²) in [5.41, 5.74) is 0.584. The van der Waals surface area contributed by atoms with Crippen LogP contribution >= 0.6 is 0 Å². The molecule has 0 bridgehead atoms. The second-order valence-corrected chi connectivity index (χ2v) is 4.73. The number of carboxylic acids is 1. The maximum Gasteiger partial charge on any atom is 0.337 e. The average Bonchev–Trinajstić information content (AvgIpc) is 2.88. The number of carbonyl (C=O) groups is 2. The van der Waals surface area contributed by atoms with E-state index in [2.05, 4.69) is 20.4 Å². The lowest BCUT2D eigenvalue weighted by molar-refractivity contribution is 0.0694. The quantitative estimate of drug-likeness (QED) is 0.768. The van der Waals surface area contributed by atoms with Crippen LogP contribution in [0.3, 0.4) is 0 Å². The predicted molar refractivity (Wildman–Crippen MR) is 75.6 cm³/mol. The highest BCUT2D eigenvalue weighted by molar-refractivity contribution is 5.94. The zero-order valence-electron chi connectivity index (χ0n) is 12.3. The first-order valence-electron chi connectivity index (χ1n) is 6.75. The topological polar surface area (TPSA) is 118 Å². The highest BCUT2D eigenvalue weighted by Gasteiger charge is 2.12. The van der Waals surface area contributed by atoms with E-state index in [0.717, 1.165) is 0 Å². The Balaban J connectivity index is 1.84. The largest absolute Gasteiger partial charge is 0.478 e. The molecule has 0 aromatic carbocycles. The van der Waals surface area contributed by atoms with Crippen LogP contribution in [0.5, 0.6) is 0 Å². The molecular formula is C14H16N4O4. The number of aromatic carboxylic acids is 1. The molecule has 0 spiro atoms. The van der Waals surface area contributed by atoms with Gasteiger partial charge < -0.3 is 14.9 Å². The van der Waals surface area contributed by atoms with E-state index >= 15 is 0 Å². The third-order valence-corrected chi connectivity index (χ3v) is 2.97. The lowest BCUT2D eigenvalue weighted by atomic mass is 10.2. The number of nitrogens with zero attached hydrogens (tertiary/aromatic N) is 3. The van der Waals surface area contributed by atoms with E-state index in [0.29, 0.717) is 36.8 Å². The number of carbonyl (C=O) groups excluding carboxylic acids is 1. The highest BCUT2D eigenvalue weighted by Crippen LogP contribution is 2.07. The summed E-state index contributed by atoms with van der Waals surface area (Å²) >= 11 is 0. The summed E-state index contributed by atoms with van der Waals surface area (Å²) in [6.07, 6.45) is 1.23. The van der Waals surface area contributed by atoms with Crippen molar-refractivity contribution in [3.8, 4) is 0 Å². The number of rotatable bonds is 6. The van der Waals surface area contributed by atoms with Gasteiger partial charge in [-0.25, -0.2) is 9.78 Å². The Morgan fingerprint density at radius 3 is 2.64 bits per heavy atom. The summed E-state index contributed by atoms with van der Waals surface area (Å²) in [7, 11) is 0. The maximum atomic E-state index is 11.9. The van der Waals surface area contributed by atoms with Crippen molar-refractivity contribution in [1.29, 1.82) is 0 Å². The summed E-state index contributed by atoms with van der Waals surface area (Å²) in [5, 5.41) is 15.3. The molecule has 2 N–H and O–H groups in total. The Hall–Kier alpha value is -2.77. The molecule has 22 heavy (non-hydrogen) atoms. The first kappa shape index (κ1) is 15.6. The van der Waals surface area contributed by atoms with Crippen LogP contribution in [-0.4, -0.2) is 38.7 Å². The number of aromatic nitrogens is 3. The van der Waals surface area contributed by atoms with Gasteiger partial charge in [-0.1, -0.05) is 5.16 Å². The molecule has 0 saturated heterocycles. The van der Waals surface area contributed by atoms with Crippen LogP contribution < -0.4 is 5.32 Å². The number of hydrogen-bond donors (Lipinski definition) is 2. The smallest absolute Gasteiger partial charge is 0.337 e. The number of nitrogens with one attached hydrogen (secondary N) is 1. The van der Waals surface area contributed by atoms with E-state index in [1.807, 2.05) is 0 Å². The molecule has 116 valence electrons. The van der Waals surface area contributed by atoms with Gasteiger partial charge in [0.1, 0.15) is 5.69 Å². The van der Waals surface area contributed by atoms with E-state index in [1.54, 1.807) is 13.8 Å². The van der Waals surface area contributed by atoms with Crippen LogP contribution in [0.4, 0.5) is 0 Å². The van der Waals surface area contributed by atoms with Gasteiger partial charge in [-0.05, 0) is 32.4 Å². The third kappa shape index (κ3) is 3.87. The molecule has 0 saturated carbocycles. The van der Waals surface area contributed by atoms with Gasteiger partial charge in [-0.3, -0.25) is 4.79 Å². The minimum Gasteiger partial charge on any atom is -0.478 e. The number of amides is 1. The Morgan fingerprint density at radius 2 is 2.05 bits per heavy atom. The first-order chi connectivity index (χ1) is 10.5. The molecule has 2 aromatic heterocycles. The van der Waals surface area contributed by atoms with Crippen molar-refractivity contribution in [3.63, 3.8) is 0 Å². The zero-order valence-corrected chi connectivity index (χ0v) is 12.3. The van der Waals surface area contributed by atoms with Gasteiger partial charge in [-0.2, -0.15) is 4.98 Å². The fraction of sp³-hybridized carbons (Fsp3) is 0.357. The van der Waals surface area contributed by atoms with Crippen LogP contribution in [0, 0.1) is 13.8 Å². The molecule has 0 aliphatic carbocycles. The Bertz CT molecular complexity index is 696. The molecule has 0 fully saturated rings. The van der Waals surface area contributed by atoms with Crippen LogP contribution in [0.1, 0.15) is 44.7 Å². The van der Waals surface area contributed by atoms with Crippen molar-refractivity contribution < 1.29 is 19.2 Å². The molecule has 2 rings (SSSR count). The van der Waals surface area contributed by atoms with Gasteiger partial charge in [-0.15, -0.1) is 0 Å². The second-order valence-electron chi connectivity index (χ2n) is 4.73. The van der Waals surface area contributed by atoms with E-state index < -0.39 is 5.97 Å². The van der Waals surface area contributed by atoms with E-state index in [1.165, 1.54) is 12.1 Å². The van der Waals surface area contributed by atoms with Crippen molar-refractivity contribution in [3.05, 3.63) is 40.8 Å². The summed E-state index contributed by atoms with van der Waals surface area (Å²) < 4.78 is 4.97. The van der Waals surface area contributed by atoms with Gasteiger partial charge in [0.25, 0.3) is 5.91 Å². The molecule has 0 aliphatic heterocycles. The lowest BCUT2D eigenvalue weighted by Crippen LogP contribution is -2.26. The maximum absolute atomic E-state index is 11.9. The van der Waals surface area contributed by atoms with Gasteiger partial charge in [0.05, 0.1) is 11.3 Å². The first-order valence-corrected chi connectivity index (χ1v) is 6.75. The summed E-state index contributed by atoms with van der Waals surface area (Å²) in [4.78, 5) is 30.9. The van der Waals surface area contributed by atoms with Crippen molar-refractivity contribution in [2.24, 2.45) is 0 Å². The van der Waals surface area contributed by atoms with Crippen LogP contribution in [0.15, 0.2) is 16.7 Å². The van der Waals surface area contributed by atoms with E-state index in [-0.39, 0.29) is 17.2 Å². The Morgan fingerprint density at radius 1 is 1.27 bits per heavy atom. The molecule has 8 nitrogen and oxygen atoms in total.